The van der Waals surface area contributed by atoms with Gasteiger partial charge in [0.15, 0.2) is 5.13 Å². The van der Waals surface area contributed by atoms with Crippen molar-refractivity contribution in [1.29, 1.82) is 0 Å². The third-order valence-corrected chi connectivity index (χ3v) is 5.29. The number of anilines is 2. The van der Waals surface area contributed by atoms with Gasteiger partial charge in [-0.15, -0.1) is 0 Å². The van der Waals surface area contributed by atoms with Gasteiger partial charge in [-0.3, -0.25) is 10.2 Å². The van der Waals surface area contributed by atoms with Crippen LogP contribution in [0.5, 0.6) is 0 Å². The minimum absolute atomic E-state index is 0.281. The van der Waals surface area contributed by atoms with Crippen molar-refractivity contribution in [3.63, 3.8) is 0 Å². The van der Waals surface area contributed by atoms with Gasteiger partial charge in [0.05, 0.1) is 20.3 Å². The zero-order valence-electron chi connectivity index (χ0n) is 11.4. The summed E-state index contributed by atoms with van der Waals surface area (Å²) in [5.74, 6) is 5.09. The number of nitrogens with one attached hydrogen (secondary N) is 2. The van der Waals surface area contributed by atoms with Crippen LogP contribution < -0.4 is 16.6 Å². The van der Waals surface area contributed by atoms with Gasteiger partial charge in [0.25, 0.3) is 5.91 Å². The van der Waals surface area contributed by atoms with E-state index < -0.39 is 0 Å². The van der Waals surface area contributed by atoms with Gasteiger partial charge in [-0.2, -0.15) is 0 Å². The Kier molecular flexibility index (Phi) is 4.74. The predicted octanol–water partition coefficient (Wildman–Crippen LogP) is 4.90. The van der Waals surface area contributed by atoms with Crippen LogP contribution in [0.4, 0.5) is 10.8 Å². The molecule has 5 nitrogen and oxygen atoms in total. The number of nitrogens with two attached hydrogens (primary N) is 1. The molecule has 0 spiro atoms. The Bertz CT molecular complexity index is 915. The molecule has 1 amide bonds. The molecule has 0 saturated heterocycles. The smallest absolute Gasteiger partial charge is 0.255 e. The van der Waals surface area contributed by atoms with Crippen molar-refractivity contribution < 1.29 is 4.79 Å². The molecule has 0 bridgehead atoms. The first kappa shape index (κ1) is 16.5. The third kappa shape index (κ3) is 3.44. The van der Waals surface area contributed by atoms with Crippen LogP contribution in [-0.4, -0.2) is 10.9 Å². The lowest BCUT2D eigenvalue weighted by molar-refractivity contribution is 0.102. The van der Waals surface area contributed by atoms with Crippen LogP contribution in [-0.2, 0) is 0 Å². The number of thiazole rings is 1. The fraction of sp³-hybridized carbons (Fsp3) is 0. The van der Waals surface area contributed by atoms with E-state index in [1.807, 2.05) is 6.07 Å². The van der Waals surface area contributed by atoms with Crippen molar-refractivity contribution in [3.05, 3.63) is 50.4 Å². The van der Waals surface area contributed by atoms with Crippen molar-refractivity contribution in [2.75, 3.05) is 10.7 Å². The number of halogens is 3. The minimum Gasteiger partial charge on any atom is -0.322 e. The molecule has 0 saturated carbocycles. The minimum atomic E-state index is -0.281. The van der Waals surface area contributed by atoms with Gasteiger partial charge in [-0.1, -0.05) is 34.5 Å². The number of benzene rings is 2. The molecule has 1 heterocycles. The topological polar surface area (TPSA) is 80.0 Å². The molecule has 0 unspecified atom stereocenters. The van der Waals surface area contributed by atoms with Crippen LogP contribution in [0.25, 0.3) is 10.2 Å². The van der Waals surface area contributed by atoms with Crippen LogP contribution in [0.3, 0.4) is 0 Å². The molecule has 0 fully saturated rings. The average molecular weight is 432 g/mol. The summed E-state index contributed by atoms with van der Waals surface area (Å²) in [5.41, 5.74) is 4.34. The molecule has 0 aliphatic heterocycles. The SMILES string of the molecule is NNc1nc2c(Br)cc(NC(=O)c3ccc(Cl)c(Cl)c3)cc2s1. The number of rotatable bonds is 3. The summed E-state index contributed by atoms with van der Waals surface area (Å²) in [6, 6.07) is 8.32. The van der Waals surface area contributed by atoms with Crippen molar-refractivity contribution in [1.82, 2.24) is 4.98 Å². The highest BCUT2D eigenvalue weighted by atomic mass is 79.9. The maximum Gasteiger partial charge on any atom is 0.255 e. The van der Waals surface area contributed by atoms with Gasteiger partial charge in [-0.25, -0.2) is 10.8 Å². The van der Waals surface area contributed by atoms with E-state index in [1.54, 1.807) is 18.2 Å². The second-order valence-electron chi connectivity index (χ2n) is 4.55. The Morgan fingerprint density at radius 1 is 1.22 bits per heavy atom. The summed E-state index contributed by atoms with van der Waals surface area (Å²) in [5, 5.41) is 4.15. The highest BCUT2D eigenvalue weighted by Gasteiger charge is 2.12. The predicted molar refractivity (Wildman–Crippen MR) is 99.5 cm³/mol. The molecule has 4 N–H and O–H groups in total. The third-order valence-electron chi connectivity index (χ3n) is 3.01. The second-order valence-corrected chi connectivity index (χ2v) is 7.25. The number of hydrazine groups is 1. The van der Waals surface area contributed by atoms with Gasteiger partial charge >= 0.3 is 0 Å². The molecule has 1 aromatic heterocycles. The molecule has 0 radical (unpaired) electrons. The second kappa shape index (κ2) is 6.62. The first-order valence-corrected chi connectivity index (χ1v) is 8.67. The van der Waals surface area contributed by atoms with E-state index in [4.69, 9.17) is 29.0 Å². The molecule has 3 aromatic rings. The molecule has 23 heavy (non-hydrogen) atoms. The van der Waals surface area contributed by atoms with Crippen LogP contribution in [0, 0.1) is 0 Å². The lowest BCUT2D eigenvalue weighted by atomic mass is 10.2. The zero-order valence-corrected chi connectivity index (χ0v) is 15.3. The summed E-state index contributed by atoms with van der Waals surface area (Å²) in [6.45, 7) is 0. The van der Waals surface area contributed by atoms with Crippen LogP contribution in [0.15, 0.2) is 34.8 Å². The summed E-state index contributed by atoms with van der Waals surface area (Å²) >= 11 is 16.6. The zero-order chi connectivity index (χ0) is 16.6. The van der Waals surface area contributed by atoms with Gasteiger partial charge in [0.2, 0.25) is 0 Å². The number of nitrogen functional groups attached to an aromatic ring is 1. The van der Waals surface area contributed by atoms with E-state index in [0.717, 1.165) is 14.7 Å². The van der Waals surface area contributed by atoms with Crippen molar-refractivity contribution in [3.8, 4) is 0 Å². The lowest BCUT2D eigenvalue weighted by Gasteiger charge is -2.07. The molecule has 3 rings (SSSR count). The fourth-order valence-corrected chi connectivity index (χ4v) is 3.78. The first-order chi connectivity index (χ1) is 11.0. The van der Waals surface area contributed by atoms with Crippen LogP contribution in [0.2, 0.25) is 10.0 Å². The van der Waals surface area contributed by atoms with E-state index in [9.17, 15) is 4.79 Å². The standard InChI is InChI=1S/C14H9BrCl2N4OS/c15-8-4-7(5-11-12(8)20-14(21-18)23-11)19-13(22)6-1-2-9(16)10(17)3-6/h1-5H,18H2,(H,19,22)(H,20,21). The maximum atomic E-state index is 12.3. The van der Waals surface area contributed by atoms with E-state index in [1.165, 1.54) is 17.4 Å². The average Bonchev–Trinajstić information content (AvgIpc) is 2.93. The quantitative estimate of drug-likeness (QED) is 0.406. The number of aromatic nitrogens is 1. The summed E-state index contributed by atoms with van der Waals surface area (Å²) in [4.78, 5) is 16.6. The fourth-order valence-electron chi connectivity index (χ4n) is 1.96. The van der Waals surface area contributed by atoms with Crippen LogP contribution in [0.1, 0.15) is 10.4 Å². The van der Waals surface area contributed by atoms with E-state index in [0.29, 0.717) is 26.4 Å². The monoisotopic (exact) mass is 430 g/mol. The van der Waals surface area contributed by atoms with Gasteiger partial charge in [-0.05, 0) is 46.3 Å². The van der Waals surface area contributed by atoms with E-state index in [2.05, 4.69) is 31.7 Å². The number of hydrogen-bond acceptors (Lipinski definition) is 5. The molecule has 2 aromatic carbocycles. The molecule has 118 valence electrons. The Labute approximate surface area is 153 Å². The normalized spacial score (nSPS) is 10.8. The molecule has 9 heteroatoms. The number of fused-ring (bicyclic) bond motifs is 1. The highest BCUT2D eigenvalue weighted by molar-refractivity contribution is 9.10. The number of carbonyl (C=O) groups is 1. The molecular weight excluding hydrogens is 423 g/mol. The Balaban J connectivity index is 1.91. The Morgan fingerprint density at radius 3 is 2.70 bits per heavy atom. The van der Waals surface area contributed by atoms with Gasteiger partial charge in [0.1, 0.15) is 0 Å². The van der Waals surface area contributed by atoms with Crippen LogP contribution >= 0.6 is 50.5 Å². The van der Waals surface area contributed by atoms with E-state index >= 15 is 0 Å². The number of hydrogen-bond donors (Lipinski definition) is 3. The number of carbonyl (C=O) groups excluding carboxylic acids is 1. The largest absolute Gasteiger partial charge is 0.322 e. The maximum absolute atomic E-state index is 12.3. The highest BCUT2D eigenvalue weighted by Crippen LogP contribution is 2.34. The van der Waals surface area contributed by atoms with Gasteiger partial charge in [0, 0.05) is 15.7 Å². The summed E-state index contributed by atoms with van der Waals surface area (Å²) in [7, 11) is 0. The van der Waals surface area contributed by atoms with Gasteiger partial charge < -0.3 is 5.32 Å². The Hall–Kier alpha value is -1.38. The molecular formula is C14H9BrCl2N4OS. The molecule has 0 aliphatic carbocycles. The van der Waals surface area contributed by atoms with Crippen molar-refractivity contribution in [2.45, 2.75) is 0 Å². The number of nitrogens with zero attached hydrogens (tertiary/aromatic N) is 1. The molecule has 0 aliphatic rings. The lowest BCUT2D eigenvalue weighted by Crippen LogP contribution is -2.11. The Morgan fingerprint density at radius 2 is 2.00 bits per heavy atom. The van der Waals surface area contributed by atoms with Crippen molar-refractivity contribution >= 4 is 77.4 Å². The van der Waals surface area contributed by atoms with Crippen molar-refractivity contribution in [2.24, 2.45) is 5.84 Å². The first-order valence-electron chi connectivity index (χ1n) is 6.31. The van der Waals surface area contributed by atoms with E-state index in [-0.39, 0.29) is 5.91 Å². The summed E-state index contributed by atoms with van der Waals surface area (Å²) in [6.07, 6.45) is 0. The molecule has 0 atom stereocenters. The summed E-state index contributed by atoms with van der Waals surface area (Å²) < 4.78 is 1.65. The number of amides is 1.